The summed E-state index contributed by atoms with van der Waals surface area (Å²) < 4.78 is 24.5. The number of methoxy groups -OCH3 is 1. The number of hydrogen-bond donors (Lipinski definition) is 1. The molecule has 5 nitrogen and oxygen atoms in total. The average Bonchev–Trinajstić information content (AvgIpc) is 3.13. The van der Waals surface area contributed by atoms with Crippen LogP contribution in [-0.2, 0) is 11.4 Å². The Morgan fingerprint density at radius 1 is 1.00 bits per heavy atom. The van der Waals surface area contributed by atoms with Gasteiger partial charge in [0, 0.05) is 5.56 Å². The van der Waals surface area contributed by atoms with E-state index in [2.05, 4.69) is 10.3 Å². The number of aliphatic imine (C=N–C) groups is 1. The van der Waals surface area contributed by atoms with Gasteiger partial charge in [0.15, 0.2) is 5.17 Å². The lowest BCUT2D eigenvalue weighted by Crippen LogP contribution is -2.19. The van der Waals surface area contributed by atoms with Crippen molar-refractivity contribution in [2.24, 2.45) is 4.99 Å². The SMILES string of the molecule is COc1ccc(N=C2NC(=O)/C(=C/c3ccc(OCc4ccccc4F)cc3)S2)cc1. The van der Waals surface area contributed by atoms with E-state index in [0.29, 0.717) is 21.4 Å². The van der Waals surface area contributed by atoms with Gasteiger partial charge in [-0.05, 0) is 65.9 Å². The second-order valence-electron chi connectivity index (χ2n) is 6.63. The fourth-order valence-corrected chi connectivity index (χ4v) is 3.68. The molecule has 7 heteroatoms. The highest BCUT2D eigenvalue weighted by molar-refractivity contribution is 8.18. The summed E-state index contributed by atoms with van der Waals surface area (Å²) >= 11 is 1.28. The van der Waals surface area contributed by atoms with Gasteiger partial charge in [-0.1, -0.05) is 30.3 Å². The van der Waals surface area contributed by atoms with Gasteiger partial charge in [0.05, 0.1) is 17.7 Å². The molecular weight excluding hydrogens is 415 g/mol. The zero-order chi connectivity index (χ0) is 21.6. The van der Waals surface area contributed by atoms with Crippen LogP contribution in [0, 0.1) is 5.82 Å². The van der Waals surface area contributed by atoms with Crippen molar-refractivity contribution in [1.82, 2.24) is 5.32 Å². The van der Waals surface area contributed by atoms with Crippen molar-refractivity contribution in [2.75, 3.05) is 7.11 Å². The number of carbonyl (C=O) groups excluding carboxylic acids is 1. The molecule has 1 saturated heterocycles. The normalized spacial score (nSPS) is 15.9. The second kappa shape index (κ2) is 9.49. The summed E-state index contributed by atoms with van der Waals surface area (Å²) in [5, 5.41) is 3.29. The van der Waals surface area contributed by atoms with Crippen LogP contribution in [0.1, 0.15) is 11.1 Å². The smallest absolute Gasteiger partial charge is 0.264 e. The highest BCUT2D eigenvalue weighted by Crippen LogP contribution is 2.29. The number of nitrogens with zero attached hydrogens (tertiary/aromatic N) is 1. The number of ether oxygens (including phenoxy) is 2. The molecule has 1 fully saturated rings. The minimum absolute atomic E-state index is 0.149. The van der Waals surface area contributed by atoms with Gasteiger partial charge >= 0.3 is 0 Å². The van der Waals surface area contributed by atoms with Gasteiger partial charge < -0.3 is 14.8 Å². The molecule has 0 atom stereocenters. The van der Waals surface area contributed by atoms with E-state index in [4.69, 9.17) is 9.47 Å². The Labute approximate surface area is 183 Å². The second-order valence-corrected chi connectivity index (χ2v) is 7.66. The minimum Gasteiger partial charge on any atom is -0.497 e. The third-order valence-electron chi connectivity index (χ3n) is 4.48. The maximum absolute atomic E-state index is 13.7. The lowest BCUT2D eigenvalue weighted by molar-refractivity contribution is -0.115. The molecule has 0 aromatic heterocycles. The van der Waals surface area contributed by atoms with Crippen molar-refractivity contribution < 1.29 is 18.7 Å². The van der Waals surface area contributed by atoms with E-state index in [1.165, 1.54) is 17.8 Å². The highest BCUT2D eigenvalue weighted by Gasteiger charge is 2.23. The van der Waals surface area contributed by atoms with Crippen LogP contribution >= 0.6 is 11.8 Å². The molecule has 156 valence electrons. The number of rotatable bonds is 6. The molecule has 1 aliphatic rings. The largest absolute Gasteiger partial charge is 0.497 e. The van der Waals surface area contributed by atoms with Crippen LogP contribution in [0.2, 0.25) is 0 Å². The first-order chi connectivity index (χ1) is 15.1. The van der Waals surface area contributed by atoms with Crippen molar-refractivity contribution in [1.29, 1.82) is 0 Å². The summed E-state index contributed by atoms with van der Waals surface area (Å²) in [6.07, 6.45) is 1.79. The van der Waals surface area contributed by atoms with Crippen molar-refractivity contribution in [3.05, 3.63) is 94.6 Å². The van der Waals surface area contributed by atoms with E-state index >= 15 is 0 Å². The lowest BCUT2D eigenvalue weighted by atomic mass is 10.2. The minimum atomic E-state index is -0.291. The first-order valence-corrected chi connectivity index (χ1v) is 10.3. The van der Waals surface area contributed by atoms with Crippen LogP contribution in [0.3, 0.4) is 0 Å². The van der Waals surface area contributed by atoms with Crippen LogP contribution in [0.4, 0.5) is 10.1 Å². The third kappa shape index (κ3) is 5.32. The molecule has 4 rings (SSSR count). The van der Waals surface area contributed by atoms with Crippen LogP contribution in [-0.4, -0.2) is 18.2 Å². The molecule has 0 saturated carbocycles. The number of amidine groups is 1. The van der Waals surface area contributed by atoms with Crippen LogP contribution in [0.25, 0.3) is 6.08 Å². The Kier molecular flexibility index (Phi) is 6.33. The van der Waals surface area contributed by atoms with Crippen molar-refractivity contribution >= 4 is 34.6 Å². The van der Waals surface area contributed by atoms with Crippen LogP contribution in [0.5, 0.6) is 11.5 Å². The molecule has 31 heavy (non-hydrogen) atoms. The summed E-state index contributed by atoms with van der Waals surface area (Å²) in [6.45, 7) is 0.149. The molecule has 0 bridgehead atoms. The Hall–Kier alpha value is -3.58. The Morgan fingerprint density at radius 2 is 1.71 bits per heavy atom. The van der Waals surface area contributed by atoms with Gasteiger partial charge in [0.25, 0.3) is 5.91 Å². The van der Waals surface area contributed by atoms with E-state index in [1.807, 2.05) is 36.4 Å². The Bertz CT molecular complexity index is 1140. The van der Waals surface area contributed by atoms with E-state index in [-0.39, 0.29) is 18.3 Å². The standard InChI is InChI=1S/C24H19FN2O3S/c1-29-19-12-8-18(9-13-19)26-24-27-23(28)22(31-24)14-16-6-10-20(11-7-16)30-15-17-4-2-3-5-21(17)25/h2-14H,15H2,1H3,(H,26,27,28)/b22-14-. The number of nitrogens with one attached hydrogen (secondary N) is 1. The fraction of sp³-hybridized carbons (Fsp3) is 0.0833. The molecule has 0 aliphatic carbocycles. The first kappa shape index (κ1) is 20.7. The Morgan fingerprint density at radius 3 is 2.42 bits per heavy atom. The van der Waals surface area contributed by atoms with Crippen molar-refractivity contribution in [3.8, 4) is 11.5 Å². The van der Waals surface area contributed by atoms with E-state index in [9.17, 15) is 9.18 Å². The van der Waals surface area contributed by atoms with Gasteiger partial charge in [-0.2, -0.15) is 0 Å². The predicted octanol–water partition coefficient (Wildman–Crippen LogP) is 5.30. The summed E-state index contributed by atoms with van der Waals surface area (Å²) in [4.78, 5) is 17.3. The molecule has 1 heterocycles. The zero-order valence-electron chi connectivity index (χ0n) is 16.7. The molecule has 3 aromatic rings. The number of halogens is 1. The zero-order valence-corrected chi connectivity index (χ0v) is 17.5. The topological polar surface area (TPSA) is 59.9 Å². The maximum Gasteiger partial charge on any atom is 0.264 e. The van der Waals surface area contributed by atoms with E-state index < -0.39 is 0 Å². The molecule has 3 aromatic carbocycles. The van der Waals surface area contributed by atoms with Gasteiger partial charge in [-0.25, -0.2) is 9.38 Å². The molecular formula is C24H19FN2O3S. The number of carbonyl (C=O) groups is 1. The number of thioether (sulfide) groups is 1. The summed E-state index contributed by atoms with van der Waals surface area (Å²) in [7, 11) is 1.60. The van der Waals surface area contributed by atoms with Gasteiger partial charge in [0.1, 0.15) is 23.9 Å². The molecule has 1 N–H and O–H groups in total. The summed E-state index contributed by atoms with van der Waals surface area (Å²) in [6, 6.07) is 21.0. The summed E-state index contributed by atoms with van der Waals surface area (Å²) in [5.41, 5.74) is 2.07. The molecule has 0 radical (unpaired) electrons. The third-order valence-corrected chi connectivity index (χ3v) is 5.39. The molecule has 1 amide bonds. The maximum atomic E-state index is 13.7. The van der Waals surface area contributed by atoms with Gasteiger partial charge in [-0.15, -0.1) is 0 Å². The Balaban J connectivity index is 1.40. The number of amides is 1. The van der Waals surface area contributed by atoms with Crippen LogP contribution < -0.4 is 14.8 Å². The fourth-order valence-electron chi connectivity index (χ4n) is 2.84. The van der Waals surface area contributed by atoms with Gasteiger partial charge in [0.2, 0.25) is 0 Å². The number of hydrogen-bond acceptors (Lipinski definition) is 5. The van der Waals surface area contributed by atoms with E-state index in [1.54, 1.807) is 43.5 Å². The molecule has 1 aliphatic heterocycles. The predicted molar refractivity (Wildman–Crippen MR) is 121 cm³/mol. The summed E-state index contributed by atoms with van der Waals surface area (Å²) in [5.74, 6) is 0.877. The highest BCUT2D eigenvalue weighted by atomic mass is 32.2. The van der Waals surface area contributed by atoms with Gasteiger partial charge in [-0.3, -0.25) is 4.79 Å². The van der Waals surface area contributed by atoms with E-state index in [0.717, 1.165) is 17.0 Å². The first-order valence-electron chi connectivity index (χ1n) is 9.50. The quantitative estimate of drug-likeness (QED) is 0.535. The van der Waals surface area contributed by atoms with Crippen molar-refractivity contribution in [2.45, 2.75) is 6.61 Å². The average molecular weight is 434 g/mol. The van der Waals surface area contributed by atoms with Crippen molar-refractivity contribution in [3.63, 3.8) is 0 Å². The molecule has 0 spiro atoms. The number of benzene rings is 3. The monoisotopic (exact) mass is 434 g/mol. The lowest BCUT2D eigenvalue weighted by Gasteiger charge is -2.07. The molecule has 0 unspecified atom stereocenters. The van der Waals surface area contributed by atoms with Crippen LogP contribution in [0.15, 0.2) is 82.7 Å².